The number of aryl methyl sites for hydroxylation is 1. The summed E-state index contributed by atoms with van der Waals surface area (Å²) in [7, 11) is 0. The van der Waals surface area contributed by atoms with Crippen LogP contribution in [0.2, 0.25) is 0 Å². The summed E-state index contributed by atoms with van der Waals surface area (Å²) in [5.74, 6) is 0.284. The smallest absolute Gasteiger partial charge is 0.267 e. The Kier molecular flexibility index (Phi) is 5.15. The highest BCUT2D eigenvalue weighted by atomic mass is 16.2. The van der Waals surface area contributed by atoms with E-state index >= 15 is 0 Å². The minimum absolute atomic E-state index is 0.161. The van der Waals surface area contributed by atoms with Crippen molar-refractivity contribution in [1.29, 1.82) is 0 Å². The third-order valence-corrected chi connectivity index (χ3v) is 4.96. The van der Waals surface area contributed by atoms with Gasteiger partial charge in [-0.3, -0.25) is 14.6 Å². The number of carbonyl (C=O) groups excluding carboxylic acids is 1. The molecule has 5 rings (SSSR count). The maximum absolute atomic E-state index is 12.3. The molecule has 0 atom stereocenters. The fourth-order valence-corrected chi connectivity index (χ4v) is 3.35. The largest absolute Gasteiger partial charge is 0.324 e. The topological polar surface area (TPSA) is 120 Å². The highest BCUT2D eigenvalue weighted by Gasteiger charge is 2.11. The summed E-state index contributed by atoms with van der Waals surface area (Å²) in [6.07, 6.45) is 3.39. The monoisotopic (exact) mass is 438 g/mol. The number of hydrogen-bond acceptors (Lipinski definition) is 7. The summed E-state index contributed by atoms with van der Waals surface area (Å²) in [5, 5.41) is 20.0. The Bertz CT molecular complexity index is 1510. The molecular weight excluding hydrogens is 420 g/mol. The molecule has 5 aromatic rings. The van der Waals surface area contributed by atoms with Crippen molar-refractivity contribution >= 4 is 17.2 Å². The summed E-state index contributed by atoms with van der Waals surface area (Å²) < 4.78 is 2.82. The summed E-state index contributed by atoms with van der Waals surface area (Å²) in [4.78, 5) is 28.2. The molecule has 33 heavy (non-hydrogen) atoms. The van der Waals surface area contributed by atoms with Crippen molar-refractivity contribution in [2.75, 3.05) is 5.32 Å². The molecule has 0 aliphatic heterocycles. The van der Waals surface area contributed by atoms with Gasteiger partial charge in [0.25, 0.3) is 5.56 Å². The lowest BCUT2D eigenvalue weighted by Gasteiger charge is -2.08. The lowest BCUT2D eigenvalue weighted by Crippen LogP contribution is -2.29. The summed E-state index contributed by atoms with van der Waals surface area (Å²) >= 11 is 0. The van der Waals surface area contributed by atoms with Crippen molar-refractivity contribution in [3.05, 3.63) is 89.1 Å². The molecule has 0 radical (unpaired) electrons. The van der Waals surface area contributed by atoms with Crippen molar-refractivity contribution in [2.45, 2.75) is 13.5 Å². The molecule has 0 saturated heterocycles. The zero-order valence-electron chi connectivity index (χ0n) is 17.6. The van der Waals surface area contributed by atoms with Crippen LogP contribution in [0.1, 0.15) is 5.69 Å². The van der Waals surface area contributed by atoms with E-state index in [2.05, 4.69) is 30.7 Å². The van der Waals surface area contributed by atoms with Crippen LogP contribution in [0.3, 0.4) is 0 Å². The van der Waals surface area contributed by atoms with Crippen molar-refractivity contribution in [1.82, 2.24) is 34.6 Å². The van der Waals surface area contributed by atoms with E-state index in [1.807, 2.05) is 36.4 Å². The van der Waals surface area contributed by atoms with E-state index in [0.29, 0.717) is 22.9 Å². The van der Waals surface area contributed by atoms with Gasteiger partial charge < -0.3 is 5.32 Å². The maximum atomic E-state index is 12.3. The molecule has 10 nitrogen and oxygen atoms in total. The van der Waals surface area contributed by atoms with Gasteiger partial charge in [0.1, 0.15) is 6.54 Å². The SMILES string of the molecule is Cc1ccc(=O)n(CC(=O)Nc2ccc(-c3ccc4nnc(-c5ccncc5)n4n3)cc2)n1. The average Bonchev–Trinajstić information content (AvgIpc) is 3.26. The number of pyridine rings is 1. The standard InChI is InChI=1S/C23H18N8O2/c1-15-2-9-22(33)30(28-15)14-21(32)25-18-5-3-16(4-6-18)19-7-8-20-26-27-23(31(20)29-19)17-10-12-24-13-11-17/h2-13H,14H2,1H3,(H,25,32). The van der Waals surface area contributed by atoms with Gasteiger partial charge in [-0.1, -0.05) is 12.1 Å². The molecule has 0 spiro atoms. The molecule has 4 heterocycles. The Morgan fingerprint density at radius 3 is 2.45 bits per heavy atom. The van der Waals surface area contributed by atoms with Gasteiger partial charge in [-0.05, 0) is 49.4 Å². The van der Waals surface area contributed by atoms with Gasteiger partial charge in [0, 0.05) is 35.3 Å². The third-order valence-electron chi connectivity index (χ3n) is 4.96. The quantitative estimate of drug-likeness (QED) is 0.447. The Morgan fingerprint density at radius 2 is 1.67 bits per heavy atom. The number of nitrogens with zero attached hydrogens (tertiary/aromatic N) is 7. The van der Waals surface area contributed by atoms with Crippen LogP contribution >= 0.6 is 0 Å². The normalized spacial score (nSPS) is 10.9. The molecule has 1 N–H and O–H groups in total. The van der Waals surface area contributed by atoms with E-state index in [1.165, 1.54) is 6.07 Å². The van der Waals surface area contributed by atoms with Crippen LogP contribution in [-0.4, -0.2) is 40.5 Å². The first-order valence-electron chi connectivity index (χ1n) is 10.1. The van der Waals surface area contributed by atoms with E-state index in [-0.39, 0.29) is 18.0 Å². The number of aromatic nitrogens is 7. The Morgan fingerprint density at radius 1 is 0.879 bits per heavy atom. The van der Waals surface area contributed by atoms with Gasteiger partial charge in [0.05, 0.1) is 11.4 Å². The molecule has 162 valence electrons. The number of carbonyl (C=O) groups is 1. The third kappa shape index (κ3) is 4.22. The number of amides is 1. The lowest BCUT2D eigenvalue weighted by molar-refractivity contribution is -0.117. The van der Waals surface area contributed by atoms with Gasteiger partial charge in [0.2, 0.25) is 5.91 Å². The number of rotatable bonds is 5. The fourth-order valence-electron chi connectivity index (χ4n) is 3.35. The van der Waals surface area contributed by atoms with Crippen LogP contribution in [-0.2, 0) is 11.3 Å². The zero-order valence-corrected chi connectivity index (χ0v) is 17.6. The first-order valence-corrected chi connectivity index (χ1v) is 10.1. The van der Waals surface area contributed by atoms with Gasteiger partial charge in [-0.25, -0.2) is 4.68 Å². The highest BCUT2D eigenvalue weighted by Crippen LogP contribution is 2.22. The second kappa shape index (κ2) is 8.42. The molecule has 4 aromatic heterocycles. The Labute approximate surface area is 187 Å². The number of fused-ring (bicyclic) bond motifs is 1. The van der Waals surface area contributed by atoms with Crippen LogP contribution < -0.4 is 10.9 Å². The minimum Gasteiger partial charge on any atom is -0.324 e. The van der Waals surface area contributed by atoms with Gasteiger partial charge in [0.15, 0.2) is 11.5 Å². The van der Waals surface area contributed by atoms with Crippen LogP contribution in [0.4, 0.5) is 5.69 Å². The predicted octanol–water partition coefficient (Wildman–Crippen LogP) is 2.36. The average molecular weight is 438 g/mol. The van der Waals surface area contributed by atoms with Crippen LogP contribution in [0.15, 0.2) is 77.9 Å². The molecule has 0 aliphatic carbocycles. The molecule has 1 amide bonds. The van der Waals surface area contributed by atoms with Crippen LogP contribution in [0.25, 0.3) is 28.3 Å². The van der Waals surface area contributed by atoms with Gasteiger partial charge >= 0.3 is 0 Å². The summed E-state index contributed by atoms with van der Waals surface area (Å²) in [6.45, 7) is 1.60. The van der Waals surface area contributed by atoms with Gasteiger partial charge in [-0.15, -0.1) is 10.2 Å². The molecule has 0 bridgehead atoms. The van der Waals surface area contributed by atoms with E-state index in [4.69, 9.17) is 0 Å². The Hall–Kier alpha value is -4.73. The second-order valence-corrected chi connectivity index (χ2v) is 7.34. The van der Waals surface area contributed by atoms with Crippen molar-refractivity contribution in [3.8, 4) is 22.6 Å². The summed E-state index contributed by atoms with van der Waals surface area (Å²) in [6, 6.07) is 17.7. The highest BCUT2D eigenvalue weighted by molar-refractivity contribution is 5.90. The second-order valence-electron chi connectivity index (χ2n) is 7.34. The number of benzene rings is 1. The zero-order chi connectivity index (χ0) is 22.8. The van der Waals surface area contributed by atoms with E-state index < -0.39 is 0 Å². The van der Waals surface area contributed by atoms with Crippen molar-refractivity contribution in [3.63, 3.8) is 0 Å². The van der Waals surface area contributed by atoms with Gasteiger partial charge in [-0.2, -0.15) is 14.7 Å². The molecule has 0 unspecified atom stereocenters. The Balaban J connectivity index is 1.35. The van der Waals surface area contributed by atoms with Crippen molar-refractivity contribution in [2.24, 2.45) is 0 Å². The van der Waals surface area contributed by atoms with Crippen LogP contribution in [0, 0.1) is 6.92 Å². The molecular formula is C23H18N8O2. The molecule has 0 saturated carbocycles. The maximum Gasteiger partial charge on any atom is 0.267 e. The molecule has 0 fully saturated rings. The summed E-state index contributed by atoms with van der Waals surface area (Å²) in [5.41, 5.74) is 4.03. The van der Waals surface area contributed by atoms with E-state index in [9.17, 15) is 9.59 Å². The first kappa shape index (κ1) is 20.2. The number of hydrogen-bond donors (Lipinski definition) is 1. The van der Waals surface area contributed by atoms with Crippen LogP contribution in [0.5, 0.6) is 0 Å². The fraction of sp³-hybridized carbons (Fsp3) is 0.0870. The molecule has 0 aliphatic rings. The van der Waals surface area contributed by atoms with E-state index in [0.717, 1.165) is 21.5 Å². The number of anilines is 1. The molecule has 10 heteroatoms. The number of nitrogens with one attached hydrogen (secondary N) is 1. The minimum atomic E-state index is -0.339. The molecule has 1 aromatic carbocycles. The first-order chi connectivity index (χ1) is 16.1. The van der Waals surface area contributed by atoms with Crippen molar-refractivity contribution < 1.29 is 4.79 Å². The predicted molar refractivity (Wildman–Crippen MR) is 121 cm³/mol. The van der Waals surface area contributed by atoms with E-state index in [1.54, 1.807) is 42.0 Å². The lowest BCUT2D eigenvalue weighted by atomic mass is 10.1.